The van der Waals surface area contributed by atoms with E-state index in [4.69, 9.17) is 4.74 Å². The highest BCUT2D eigenvalue weighted by Gasteiger charge is 2.21. The van der Waals surface area contributed by atoms with E-state index in [9.17, 15) is 4.79 Å². The summed E-state index contributed by atoms with van der Waals surface area (Å²) in [6, 6.07) is 0. The van der Waals surface area contributed by atoms with Crippen LogP contribution in [0.4, 0.5) is 0 Å². The number of hydrogen-bond acceptors (Lipinski definition) is 3. The Bertz CT molecular complexity index is 447. The number of rotatable bonds is 5. The number of carbonyl (C=O) groups is 1. The van der Waals surface area contributed by atoms with Gasteiger partial charge < -0.3 is 4.74 Å². The Balaban J connectivity index is 1.98. The first-order valence-electron chi connectivity index (χ1n) is 7.03. The number of aromatic nitrogens is 2. The fourth-order valence-corrected chi connectivity index (χ4v) is 3.11. The third kappa shape index (κ3) is 3.45. The molecule has 4 nitrogen and oxygen atoms in total. The zero-order chi connectivity index (χ0) is 13.8. The number of carbonyl (C=O) groups excluding carboxylic acids is 1. The standard InChI is InChI=1S/C14H21BrN2O2/c1-3-12-14(15)13(17(4-2)16-12)9-19-11-7-5-10(18)6-8-11/h11H,3-9H2,1-2H3. The van der Waals surface area contributed by atoms with Gasteiger partial charge in [-0.15, -0.1) is 0 Å². The van der Waals surface area contributed by atoms with E-state index in [1.807, 2.05) is 4.68 Å². The van der Waals surface area contributed by atoms with E-state index in [2.05, 4.69) is 34.9 Å². The van der Waals surface area contributed by atoms with Crippen molar-refractivity contribution in [2.24, 2.45) is 0 Å². The summed E-state index contributed by atoms with van der Waals surface area (Å²) in [7, 11) is 0. The van der Waals surface area contributed by atoms with Gasteiger partial charge in [-0.1, -0.05) is 6.92 Å². The summed E-state index contributed by atoms with van der Waals surface area (Å²) in [5, 5.41) is 4.56. The molecule has 2 rings (SSSR count). The number of Topliss-reactive ketones (excluding diaryl/α,β-unsaturated/α-hetero) is 1. The molecule has 1 heterocycles. The fourth-order valence-electron chi connectivity index (χ4n) is 2.43. The van der Waals surface area contributed by atoms with Gasteiger partial charge in [0.15, 0.2) is 0 Å². The third-order valence-electron chi connectivity index (χ3n) is 3.64. The maximum absolute atomic E-state index is 11.2. The molecule has 0 aliphatic heterocycles. The van der Waals surface area contributed by atoms with E-state index >= 15 is 0 Å². The summed E-state index contributed by atoms with van der Waals surface area (Å²) in [4.78, 5) is 11.2. The van der Waals surface area contributed by atoms with E-state index in [0.717, 1.165) is 41.7 Å². The van der Waals surface area contributed by atoms with Crippen LogP contribution in [0.3, 0.4) is 0 Å². The van der Waals surface area contributed by atoms with Crippen molar-refractivity contribution in [1.29, 1.82) is 0 Å². The summed E-state index contributed by atoms with van der Waals surface area (Å²) < 4.78 is 9.03. The lowest BCUT2D eigenvalue weighted by atomic mass is 9.96. The molecule has 0 spiro atoms. The van der Waals surface area contributed by atoms with Crippen LogP contribution in [-0.2, 0) is 29.1 Å². The van der Waals surface area contributed by atoms with Crippen molar-refractivity contribution in [2.75, 3.05) is 0 Å². The zero-order valence-corrected chi connectivity index (χ0v) is 13.2. The molecule has 0 amide bonds. The topological polar surface area (TPSA) is 44.1 Å². The first-order chi connectivity index (χ1) is 9.15. The Kier molecular flexibility index (Phi) is 5.16. The Morgan fingerprint density at radius 1 is 1.37 bits per heavy atom. The van der Waals surface area contributed by atoms with Crippen LogP contribution in [0.15, 0.2) is 4.47 Å². The molecule has 1 aliphatic carbocycles. The number of halogens is 1. The Morgan fingerprint density at radius 3 is 2.63 bits per heavy atom. The molecule has 5 heteroatoms. The number of ether oxygens (including phenoxy) is 1. The monoisotopic (exact) mass is 328 g/mol. The zero-order valence-electron chi connectivity index (χ0n) is 11.6. The predicted molar refractivity (Wildman–Crippen MR) is 77.0 cm³/mol. The number of ketones is 1. The molecule has 1 fully saturated rings. The lowest BCUT2D eigenvalue weighted by Gasteiger charge is -2.21. The molecular weight excluding hydrogens is 308 g/mol. The molecule has 0 atom stereocenters. The second kappa shape index (κ2) is 6.66. The van der Waals surface area contributed by atoms with E-state index in [0.29, 0.717) is 25.2 Å². The van der Waals surface area contributed by atoms with E-state index < -0.39 is 0 Å². The minimum absolute atomic E-state index is 0.217. The minimum atomic E-state index is 0.217. The van der Waals surface area contributed by atoms with E-state index in [1.165, 1.54) is 0 Å². The summed E-state index contributed by atoms with van der Waals surface area (Å²) in [6.45, 7) is 5.60. The highest BCUT2D eigenvalue weighted by Crippen LogP contribution is 2.25. The smallest absolute Gasteiger partial charge is 0.133 e. The van der Waals surface area contributed by atoms with Crippen molar-refractivity contribution >= 4 is 21.7 Å². The maximum atomic E-state index is 11.2. The average Bonchev–Trinajstić information content (AvgIpc) is 2.74. The molecule has 0 saturated heterocycles. The molecule has 0 radical (unpaired) electrons. The lowest BCUT2D eigenvalue weighted by molar-refractivity contribution is -0.123. The third-order valence-corrected chi connectivity index (χ3v) is 4.56. The Morgan fingerprint density at radius 2 is 2.05 bits per heavy atom. The largest absolute Gasteiger partial charge is 0.372 e. The summed E-state index contributed by atoms with van der Waals surface area (Å²) >= 11 is 3.62. The predicted octanol–water partition coefficient (Wildman–Crippen LogP) is 3.26. The van der Waals surface area contributed by atoms with Gasteiger partial charge >= 0.3 is 0 Å². The fraction of sp³-hybridized carbons (Fsp3) is 0.714. The molecular formula is C14H21BrN2O2. The molecule has 1 aromatic rings. The number of aryl methyl sites for hydroxylation is 2. The van der Waals surface area contributed by atoms with Crippen molar-refractivity contribution in [3.63, 3.8) is 0 Å². The quantitative estimate of drug-likeness (QED) is 0.833. The molecule has 1 aromatic heterocycles. The highest BCUT2D eigenvalue weighted by molar-refractivity contribution is 9.10. The summed E-state index contributed by atoms with van der Waals surface area (Å²) in [5.41, 5.74) is 2.19. The molecule has 0 bridgehead atoms. The van der Waals surface area contributed by atoms with Crippen LogP contribution >= 0.6 is 15.9 Å². The van der Waals surface area contributed by atoms with Gasteiger partial charge in [0.05, 0.1) is 28.6 Å². The average molecular weight is 329 g/mol. The van der Waals surface area contributed by atoms with E-state index in [-0.39, 0.29) is 6.10 Å². The van der Waals surface area contributed by atoms with E-state index in [1.54, 1.807) is 0 Å². The van der Waals surface area contributed by atoms with Gasteiger partial charge in [0.2, 0.25) is 0 Å². The molecule has 0 unspecified atom stereocenters. The first-order valence-corrected chi connectivity index (χ1v) is 7.82. The molecule has 19 heavy (non-hydrogen) atoms. The summed E-state index contributed by atoms with van der Waals surface area (Å²) in [5.74, 6) is 0.368. The molecule has 1 aliphatic rings. The SMILES string of the molecule is CCc1nn(CC)c(COC2CCC(=O)CC2)c1Br. The van der Waals surface area contributed by atoms with Gasteiger partial charge in [-0.3, -0.25) is 9.48 Å². The minimum Gasteiger partial charge on any atom is -0.372 e. The van der Waals surface area contributed by atoms with Crippen molar-refractivity contribution < 1.29 is 9.53 Å². The molecule has 0 N–H and O–H groups in total. The molecule has 1 saturated carbocycles. The van der Waals surface area contributed by atoms with Gasteiger partial charge in [-0.05, 0) is 42.1 Å². The van der Waals surface area contributed by atoms with Crippen LogP contribution in [0.25, 0.3) is 0 Å². The van der Waals surface area contributed by atoms with Gasteiger partial charge in [-0.25, -0.2) is 0 Å². The number of hydrogen-bond donors (Lipinski definition) is 0. The molecule has 106 valence electrons. The first kappa shape index (κ1) is 14.7. The van der Waals surface area contributed by atoms with Gasteiger partial charge in [0.1, 0.15) is 5.78 Å². The summed E-state index contributed by atoms with van der Waals surface area (Å²) in [6.07, 6.45) is 4.18. The Hall–Kier alpha value is -0.680. The van der Waals surface area contributed by atoms with Crippen molar-refractivity contribution in [3.05, 3.63) is 15.9 Å². The van der Waals surface area contributed by atoms with Crippen LogP contribution in [0.1, 0.15) is 50.9 Å². The maximum Gasteiger partial charge on any atom is 0.133 e. The van der Waals surface area contributed by atoms with Gasteiger partial charge in [0, 0.05) is 19.4 Å². The Labute approximate surface area is 122 Å². The van der Waals surface area contributed by atoms with Crippen molar-refractivity contribution in [2.45, 2.75) is 65.2 Å². The van der Waals surface area contributed by atoms with Crippen molar-refractivity contribution in [1.82, 2.24) is 9.78 Å². The molecule has 0 aromatic carbocycles. The van der Waals surface area contributed by atoms with Crippen LogP contribution in [-0.4, -0.2) is 21.7 Å². The highest BCUT2D eigenvalue weighted by atomic mass is 79.9. The number of nitrogens with zero attached hydrogens (tertiary/aromatic N) is 2. The van der Waals surface area contributed by atoms with Crippen LogP contribution < -0.4 is 0 Å². The van der Waals surface area contributed by atoms with Crippen LogP contribution in [0, 0.1) is 0 Å². The van der Waals surface area contributed by atoms with Gasteiger partial charge in [-0.2, -0.15) is 5.10 Å². The van der Waals surface area contributed by atoms with Crippen LogP contribution in [0.5, 0.6) is 0 Å². The second-order valence-electron chi connectivity index (χ2n) is 4.93. The second-order valence-corrected chi connectivity index (χ2v) is 5.72. The van der Waals surface area contributed by atoms with Gasteiger partial charge in [0.25, 0.3) is 0 Å². The van der Waals surface area contributed by atoms with Crippen molar-refractivity contribution in [3.8, 4) is 0 Å². The normalized spacial score (nSPS) is 17.1. The van der Waals surface area contributed by atoms with Crippen LogP contribution in [0.2, 0.25) is 0 Å². The lowest BCUT2D eigenvalue weighted by Crippen LogP contribution is -2.22.